The number of ether oxygens (including phenoxy) is 2. The molecule has 3 rings (SSSR count). The highest BCUT2D eigenvalue weighted by atomic mass is 16.5. The molecule has 2 aliphatic rings. The lowest BCUT2D eigenvalue weighted by atomic mass is 9.73. The third-order valence-electron chi connectivity index (χ3n) is 5.06. The van der Waals surface area contributed by atoms with Crippen LogP contribution in [-0.4, -0.2) is 33.4 Å². The van der Waals surface area contributed by atoms with E-state index in [-0.39, 0.29) is 5.41 Å². The van der Waals surface area contributed by atoms with Gasteiger partial charge in [-0.15, -0.1) is 0 Å². The van der Waals surface area contributed by atoms with E-state index < -0.39 is 0 Å². The zero-order valence-corrected chi connectivity index (χ0v) is 13.4. The van der Waals surface area contributed by atoms with Gasteiger partial charge in [-0.2, -0.15) is 0 Å². The van der Waals surface area contributed by atoms with Gasteiger partial charge in [0.1, 0.15) is 5.75 Å². The number of benzene rings is 1. The van der Waals surface area contributed by atoms with Gasteiger partial charge in [0.2, 0.25) is 0 Å². The van der Waals surface area contributed by atoms with E-state index in [0.717, 1.165) is 37.7 Å². The van der Waals surface area contributed by atoms with Crippen molar-refractivity contribution in [2.24, 2.45) is 11.3 Å². The average Bonchev–Trinajstić information content (AvgIpc) is 3.22. The van der Waals surface area contributed by atoms with Crippen LogP contribution in [0.1, 0.15) is 30.4 Å². The van der Waals surface area contributed by atoms with Crippen LogP contribution >= 0.6 is 0 Å². The molecule has 1 saturated heterocycles. The summed E-state index contributed by atoms with van der Waals surface area (Å²) in [4.78, 5) is 0. The van der Waals surface area contributed by atoms with Gasteiger partial charge in [-0.3, -0.25) is 0 Å². The first-order valence-corrected chi connectivity index (χ1v) is 8.08. The van der Waals surface area contributed by atoms with Crippen molar-refractivity contribution in [1.82, 2.24) is 5.32 Å². The summed E-state index contributed by atoms with van der Waals surface area (Å²) in [5.41, 5.74) is 2.84. The average molecular weight is 289 g/mol. The van der Waals surface area contributed by atoms with Crippen LogP contribution < -0.4 is 10.1 Å². The van der Waals surface area contributed by atoms with Gasteiger partial charge < -0.3 is 14.8 Å². The molecule has 0 amide bonds. The molecule has 1 N–H and O–H groups in total. The molecule has 2 unspecified atom stereocenters. The standard InChI is InChI=1S/C18H27NO2/c1-13-4-7-16(20-3)15(10-13)11-18(12-19-2)8-9-21-17(18)14-5-6-14/h4,7,10,14,17,19H,5-6,8-9,11-12H2,1-3H3. The number of rotatable bonds is 6. The van der Waals surface area contributed by atoms with Crippen molar-refractivity contribution < 1.29 is 9.47 Å². The van der Waals surface area contributed by atoms with E-state index in [1.165, 1.54) is 24.0 Å². The molecule has 0 bridgehead atoms. The summed E-state index contributed by atoms with van der Waals surface area (Å²) in [5.74, 6) is 1.79. The van der Waals surface area contributed by atoms with E-state index in [4.69, 9.17) is 9.47 Å². The van der Waals surface area contributed by atoms with Gasteiger partial charge in [-0.25, -0.2) is 0 Å². The Morgan fingerprint density at radius 2 is 2.19 bits per heavy atom. The Balaban J connectivity index is 1.89. The predicted molar refractivity (Wildman–Crippen MR) is 84.9 cm³/mol. The van der Waals surface area contributed by atoms with Crippen LogP contribution in [0.25, 0.3) is 0 Å². The Bertz CT molecular complexity index is 498. The van der Waals surface area contributed by atoms with Gasteiger partial charge >= 0.3 is 0 Å². The second-order valence-corrected chi connectivity index (χ2v) is 6.76. The van der Waals surface area contributed by atoms with Gasteiger partial charge in [0, 0.05) is 18.6 Å². The quantitative estimate of drug-likeness (QED) is 0.873. The van der Waals surface area contributed by atoms with Crippen LogP contribution in [0.3, 0.4) is 0 Å². The maximum absolute atomic E-state index is 6.14. The van der Waals surface area contributed by atoms with E-state index >= 15 is 0 Å². The summed E-state index contributed by atoms with van der Waals surface area (Å²) in [6.07, 6.45) is 5.27. The fraction of sp³-hybridized carbons (Fsp3) is 0.667. The SMILES string of the molecule is CNCC1(Cc2cc(C)ccc2OC)CCOC1C1CC1. The molecule has 1 heterocycles. The Morgan fingerprint density at radius 1 is 1.38 bits per heavy atom. The van der Waals surface area contributed by atoms with E-state index in [0.29, 0.717) is 6.10 Å². The summed E-state index contributed by atoms with van der Waals surface area (Å²) < 4.78 is 11.7. The van der Waals surface area contributed by atoms with E-state index in [9.17, 15) is 0 Å². The molecule has 21 heavy (non-hydrogen) atoms. The van der Waals surface area contributed by atoms with E-state index in [1.54, 1.807) is 7.11 Å². The molecular formula is C18H27NO2. The Morgan fingerprint density at radius 3 is 2.86 bits per heavy atom. The fourth-order valence-corrected chi connectivity index (χ4v) is 3.96. The number of methoxy groups -OCH3 is 1. The molecule has 0 radical (unpaired) electrons. The van der Waals surface area contributed by atoms with Crippen molar-refractivity contribution in [3.05, 3.63) is 29.3 Å². The van der Waals surface area contributed by atoms with Gasteiger partial charge in [0.05, 0.1) is 13.2 Å². The second kappa shape index (κ2) is 5.98. The first-order chi connectivity index (χ1) is 10.2. The molecule has 1 aromatic carbocycles. The molecule has 0 spiro atoms. The molecule has 2 fully saturated rings. The first-order valence-electron chi connectivity index (χ1n) is 8.08. The van der Waals surface area contributed by atoms with Crippen molar-refractivity contribution in [1.29, 1.82) is 0 Å². The molecular weight excluding hydrogens is 262 g/mol. The highest BCUT2D eigenvalue weighted by molar-refractivity contribution is 5.38. The number of hydrogen-bond acceptors (Lipinski definition) is 3. The fourth-order valence-electron chi connectivity index (χ4n) is 3.96. The van der Waals surface area contributed by atoms with Gasteiger partial charge in [0.25, 0.3) is 0 Å². The lowest BCUT2D eigenvalue weighted by molar-refractivity contribution is 0.0312. The summed E-state index contributed by atoms with van der Waals surface area (Å²) in [6, 6.07) is 6.49. The van der Waals surface area contributed by atoms with Crippen LogP contribution in [0.15, 0.2) is 18.2 Å². The third kappa shape index (κ3) is 2.95. The highest BCUT2D eigenvalue weighted by Gasteiger charge is 2.50. The second-order valence-electron chi connectivity index (χ2n) is 6.76. The highest BCUT2D eigenvalue weighted by Crippen LogP contribution is 2.49. The molecule has 1 aliphatic carbocycles. The van der Waals surface area contributed by atoms with Crippen LogP contribution in [0.2, 0.25) is 0 Å². The monoisotopic (exact) mass is 289 g/mol. The molecule has 0 aromatic heterocycles. The molecule has 1 aromatic rings. The first kappa shape index (κ1) is 14.9. The number of aryl methyl sites for hydroxylation is 1. The number of nitrogens with one attached hydrogen (secondary N) is 1. The topological polar surface area (TPSA) is 30.5 Å². The lowest BCUT2D eigenvalue weighted by Gasteiger charge is -2.35. The zero-order chi connectivity index (χ0) is 14.9. The molecule has 116 valence electrons. The van der Waals surface area contributed by atoms with Crippen LogP contribution in [-0.2, 0) is 11.2 Å². The predicted octanol–water partition coefficient (Wildman–Crippen LogP) is 2.95. The minimum absolute atomic E-state index is 0.219. The van der Waals surface area contributed by atoms with E-state index in [2.05, 4.69) is 37.5 Å². The third-order valence-corrected chi connectivity index (χ3v) is 5.06. The molecule has 1 saturated carbocycles. The van der Waals surface area contributed by atoms with Crippen LogP contribution in [0, 0.1) is 18.3 Å². The molecule has 3 nitrogen and oxygen atoms in total. The maximum atomic E-state index is 6.14. The summed E-state index contributed by atoms with van der Waals surface area (Å²) in [7, 11) is 3.82. The van der Waals surface area contributed by atoms with Gasteiger partial charge in [-0.1, -0.05) is 17.7 Å². The van der Waals surface area contributed by atoms with Crippen molar-refractivity contribution in [3.63, 3.8) is 0 Å². The van der Waals surface area contributed by atoms with Gasteiger partial charge in [-0.05, 0) is 57.2 Å². The van der Waals surface area contributed by atoms with Crippen molar-refractivity contribution in [3.8, 4) is 5.75 Å². The minimum atomic E-state index is 0.219. The van der Waals surface area contributed by atoms with Crippen molar-refractivity contribution in [2.45, 2.75) is 38.7 Å². The van der Waals surface area contributed by atoms with Gasteiger partial charge in [0.15, 0.2) is 0 Å². The van der Waals surface area contributed by atoms with E-state index in [1.807, 2.05) is 0 Å². The molecule has 2 atom stereocenters. The minimum Gasteiger partial charge on any atom is -0.496 e. The summed E-state index contributed by atoms with van der Waals surface area (Å²) >= 11 is 0. The van der Waals surface area contributed by atoms with Crippen molar-refractivity contribution >= 4 is 0 Å². The van der Waals surface area contributed by atoms with Crippen LogP contribution in [0.5, 0.6) is 5.75 Å². The maximum Gasteiger partial charge on any atom is 0.122 e. The van der Waals surface area contributed by atoms with Crippen molar-refractivity contribution in [2.75, 3.05) is 27.3 Å². The largest absolute Gasteiger partial charge is 0.496 e. The Labute approximate surface area is 128 Å². The molecule has 3 heteroatoms. The summed E-state index contributed by atoms with van der Waals surface area (Å²) in [6.45, 7) is 4.07. The normalized spacial score (nSPS) is 28.8. The summed E-state index contributed by atoms with van der Waals surface area (Å²) in [5, 5.41) is 3.41. The smallest absolute Gasteiger partial charge is 0.122 e. The zero-order valence-electron chi connectivity index (χ0n) is 13.4. The van der Waals surface area contributed by atoms with Crippen LogP contribution in [0.4, 0.5) is 0 Å². The number of hydrogen-bond donors (Lipinski definition) is 1. The Hall–Kier alpha value is -1.06. The lowest BCUT2D eigenvalue weighted by Crippen LogP contribution is -2.42. The molecule has 1 aliphatic heterocycles. The Kier molecular flexibility index (Phi) is 4.23.